The van der Waals surface area contributed by atoms with Gasteiger partial charge in [0.15, 0.2) is 0 Å². The van der Waals surface area contributed by atoms with Gasteiger partial charge in [-0.05, 0) is 11.6 Å². The summed E-state index contributed by atoms with van der Waals surface area (Å²) < 4.78 is 0.813. The molecule has 2 unspecified atom stereocenters. The van der Waals surface area contributed by atoms with Crippen molar-refractivity contribution in [1.82, 2.24) is 4.90 Å². The van der Waals surface area contributed by atoms with Crippen molar-refractivity contribution in [2.45, 2.75) is 5.92 Å². The number of carbonyl (C=O) groups is 2. The van der Waals surface area contributed by atoms with Crippen LogP contribution < -0.4 is 0 Å². The van der Waals surface area contributed by atoms with Crippen LogP contribution in [0.5, 0.6) is 0 Å². The molecule has 1 aliphatic rings. The molecule has 1 aliphatic heterocycles. The SMILES string of the molecule is O=C(O)C1CN(C(=O)O)CC1c1ccccc1Br. The van der Waals surface area contributed by atoms with Gasteiger partial charge in [0.25, 0.3) is 0 Å². The Morgan fingerprint density at radius 3 is 2.44 bits per heavy atom. The molecular weight excluding hydrogens is 302 g/mol. The molecule has 1 aromatic carbocycles. The fourth-order valence-corrected chi connectivity index (χ4v) is 2.88. The maximum atomic E-state index is 11.2. The van der Waals surface area contributed by atoms with Crippen molar-refractivity contribution in [3.8, 4) is 0 Å². The first-order chi connectivity index (χ1) is 8.50. The minimum absolute atomic E-state index is 0.0384. The summed E-state index contributed by atoms with van der Waals surface area (Å²) in [7, 11) is 0. The average molecular weight is 314 g/mol. The molecule has 1 heterocycles. The van der Waals surface area contributed by atoms with Crippen molar-refractivity contribution >= 4 is 28.0 Å². The maximum Gasteiger partial charge on any atom is 0.407 e. The van der Waals surface area contributed by atoms with Crippen LogP contribution in [0.25, 0.3) is 0 Å². The number of likely N-dealkylation sites (tertiary alicyclic amines) is 1. The molecule has 0 spiro atoms. The van der Waals surface area contributed by atoms with E-state index in [4.69, 9.17) is 5.11 Å². The van der Waals surface area contributed by atoms with Crippen molar-refractivity contribution in [2.75, 3.05) is 13.1 Å². The third-order valence-electron chi connectivity index (χ3n) is 3.21. The van der Waals surface area contributed by atoms with Gasteiger partial charge in [0, 0.05) is 23.5 Å². The molecule has 6 heteroatoms. The van der Waals surface area contributed by atoms with Gasteiger partial charge in [0.05, 0.1) is 5.92 Å². The van der Waals surface area contributed by atoms with Crippen LogP contribution in [0.2, 0.25) is 0 Å². The molecule has 2 N–H and O–H groups in total. The Balaban J connectivity index is 2.33. The molecule has 0 aromatic heterocycles. The van der Waals surface area contributed by atoms with E-state index in [1.165, 1.54) is 0 Å². The van der Waals surface area contributed by atoms with Crippen molar-refractivity contribution in [1.29, 1.82) is 0 Å². The van der Waals surface area contributed by atoms with Gasteiger partial charge in [-0.1, -0.05) is 34.1 Å². The predicted molar refractivity (Wildman–Crippen MR) is 67.6 cm³/mol. The Kier molecular flexibility index (Phi) is 3.56. The fraction of sp³-hybridized carbons (Fsp3) is 0.333. The number of hydrogen-bond acceptors (Lipinski definition) is 2. The van der Waals surface area contributed by atoms with Crippen LogP contribution in [0.4, 0.5) is 4.79 Å². The van der Waals surface area contributed by atoms with Gasteiger partial charge >= 0.3 is 12.1 Å². The van der Waals surface area contributed by atoms with Crippen LogP contribution in [0.1, 0.15) is 11.5 Å². The summed E-state index contributed by atoms with van der Waals surface area (Å²) in [5.74, 6) is -1.96. The summed E-state index contributed by atoms with van der Waals surface area (Å²) >= 11 is 3.38. The van der Waals surface area contributed by atoms with E-state index < -0.39 is 18.0 Å². The van der Waals surface area contributed by atoms with E-state index >= 15 is 0 Å². The first kappa shape index (κ1) is 12.9. The van der Waals surface area contributed by atoms with E-state index in [0.717, 1.165) is 14.9 Å². The smallest absolute Gasteiger partial charge is 0.407 e. The highest BCUT2D eigenvalue weighted by atomic mass is 79.9. The van der Waals surface area contributed by atoms with Crippen molar-refractivity contribution in [3.63, 3.8) is 0 Å². The second-order valence-corrected chi connectivity index (χ2v) is 5.11. The summed E-state index contributed by atoms with van der Waals surface area (Å²) in [5, 5.41) is 18.2. The van der Waals surface area contributed by atoms with E-state index in [0.29, 0.717) is 0 Å². The standard InChI is InChI=1S/C12H12BrNO4/c13-10-4-2-1-3-7(10)8-5-14(12(17)18)6-9(8)11(15)16/h1-4,8-9H,5-6H2,(H,15,16)(H,17,18). The Morgan fingerprint density at radius 2 is 1.89 bits per heavy atom. The summed E-state index contributed by atoms with van der Waals surface area (Å²) in [6, 6.07) is 7.32. The van der Waals surface area contributed by atoms with Crippen molar-refractivity contribution < 1.29 is 19.8 Å². The number of nitrogens with zero attached hydrogens (tertiary/aromatic N) is 1. The second-order valence-electron chi connectivity index (χ2n) is 4.26. The number of carboxylic acid groups (broad SMARTS) is 2. The Labute approximate surface area is 112 Å². The third kappa shape index (κ3) is 2.33. The van der Waals surface area contributed by atoms with Crippen LogP contribution in [0, 0.1) is 5.92 Å². The van der Waals surface area contributed by atoms with Gasteiger partial charge in [-0.3, -0.25) is 4.79 Å². The Morgan fingerprint density at radius 1 is 1.22 bits per heavy atom. The van der Waals surface area contributed by atoms with Crippen LogP contribution in [-0.2, 0) is 4.79 Å². The summed E-state index contributed by atoms with van der Waals surface area (Å²) in [6.07, 6.45) is -1.07. The van der Waals surface area contributed by atoms with E-state index in [1.807, 2.05) is 24.3 Å². The zero-order chi connectivity index (χ0) is 13.3. The number of aliphatic carboxylic acids is 1. The average Bonchev–Trinajstić information content (AvgIpc) is 2.74. The minimum atomic E-state index is -1.07. The van der Waals surface area contributed by atoms with Crippen LogP contribution in [-0.4, -0.2) is 40.3 Å². The molecule has 96 valence electrons. The predicted octanol–water partition coefficient (Wildman–Crippen LogP) is 2.23. The summed E-state index contributed by atoms with van der Waals surface area (Å²) in [5.41, 5.74) is 0.841. The number of halogens is 1. The third-order valence-corrected chi connectivity index (χ3v) is 3.93. The van der Waals surface area contributed by atoms with E-state index in [-0.39, 0.29) is 19.0 Å². The zero-order valence-corrected chi connectivity index (χ0v) is 11.0. The molecular formula is C12H12BrNO4. The number of carboxylic acids is 1. The van der Waals surface area contributed by atoms with E-state index in [9.17, 15) is 14.7 Å². The lowest BCUT2D eigenvalue weighted by molar-refractivity contribution is -0.141. The number of hydrogen-bond donors (Lipinski definition) is 2. The normalized spacial score (nSPS) is 23.1. The molecule has 2 atom stereocenters. The topological polar surface area (TPSA) is 77.8 Å². The minimum Gasteiger partial charge on any atom is -0.481 e. The molecule has 1 fully saturated rings. The molecule has 0 aliphatic carbocycles. The summed E-state index contributed by atoms with van der Waals surface area (Å²) in [4.78, 5) is 23.3. The molecule has 1 saturated heterocycles. The quantitative estimate of drug-likeness (QED) is 0.877. The van der Waals surface area contributed by atoms with Crippen molar-refractivity contribution in [3.05, 3.63) is 34.3 Å². The fourth-order valence-electron chi connectivity index (χ4n) is 2.30. The molecule has 0 saturated carbocycles. The maximum absolute atomic E-state index is 11.2. The molecule has 5 nitrogen and oxygen atoms in total. The van der Waals surface area contributed by atoms with Gasteiger partial charge in [-0.2, -0.15) is 0 Å². The molecule has 18 heavy (non-hydrogen) atoms. The Hall–Kier alpha value is -1.56. The van der Waals surface area contributed by atoms with Crippen LogP contribution in [0.15, 0.2) is 28.7 Å². The van der Waals surface area contributed by atoms with Gasteiger partial charge in [-0.25, -0.2) is 4.79 Å². The molecule has 1 amide bonds. The lowest BCUT2D eigenvalue weighted by Crippen LogP contribution is -2.28. The monoisotopic (exact) mass is 313 g/mol. The van der Waals surface area contributed by atoms with E-state index in [1.54, 1.807) is 0 Å². The largest absolute Gasteiger partial charge is 0.481 e. The first-order valence-electron chi connectivity index (χ1n) is 5.46. The van der Waals surface area contributed by atoms with Crippen LogP contribution in [0.3, 0.4) is 0 Å². The highest BCUT2D eigenvalue weighted by molar-refractivity contribution is 9.10. The van der Waals surface area contributed by atoms with Gasteiger partial charge < -0.3 is 15.1 Å². The molecule has 0 bridgehead atoms. The highest BCUT2D eigenvalue weighted by Crippen LogP contribution is 2.36. The van der Waals surface area contributed by atoms with Gasteiger partial charge in [0.2, 0.25) is 0 Å². The Bertz CT molecular complexity index is 491. The lowest BCUT2D eigenvalue weighted by Gasteiger charge is -2.16. The summed E-state index contributed by atoms with van der Waals surface area (Å²) in [6.45, 7) is 0.256. The number of amides is 1. The lowest BCUT2D eigenvalue weighted by atomic mass is 9.89. The molecule has 2 rings (SSSR count). The highest BCUT2D eigenvalue weighted by Gasteiger charge is 2.41. The zero-order valence-electron chi connectivity index (χ0n) is 9.41. The number of rotatable bonds is 2. The van der Waals surface area contributed by atoms with Gasteiger partial charge in [-0.15, -0.1) is 0 Å². The number of benzene rings is 1. The molecule has 1 aromatic rings. The van der Waals surface area contributed by atoms with Crippen molar-refractivity contribution in [2.24, 2.45) is 5.92 Å². The first-order valence-corrected chi connectivity index (χ1v) is 6.25. The molecule has 0 radical (unpaired) electrons. The van der Waals surface area contributed by atoms with E-state index in [2.05, 4.69) is 15.9 Å². The van der Waals surface area contributed by atoms with Crippen LogP contribution >= 0.6 is 15.9 Å². The second kappa shape index (κ2) is 4.97. The van der Waals surface area contributed by atoms with Gasteiger partial charge in [0.1, 0.15) is 0 Å².